The molecule has 6 heteroatoms. The van der Waals surface area contributed by atoms with Crippen molar-refractivity contribution in [2.75, 3.05) is 6.61 Å². The number of aromatic carboxylic acids is 1. The second kappa shape index (κ2) is 6.04. The molecule has 0 atom stereocenters. The number of hydrogen-bond donors (Lipinski definition) is 1. The number of esters is 1. The molecule has 0 fully saturated rings. The van der Waals surface area contributed by atoms with E-state index in [4.69, 9.17) is 14.3 Å². The van der Waals surface area contributed by atoms with Crippen molar-refractivity contribution in [3.63, 3.8) is 0 Å². The minimum atomic E-state index is -1.31. The van der Waals surface area contributed by atoms with Gasteiger partial charge in [-0.05, 0) is 30.7 Å². The number of carbonyl (C=O) groups is 2. The van der Waals surface area contributed by atoms with Crippen LogP contribution >= 0.6 is 0 Å². The molecule has 0 radical (unpaired) electrons. The molecular formula is C15H12O6. The van der Waals surface area contributed by atoms with E-state index in [0.717, 1.165) is 6.07 Å². The molecule has 108 valence electrons. The van der Waals surface area contributed by atoms with Gasteiger partial charge in [0.1, 0.15) is 5.58 Å². The molecule has 0 bridgehead atoms. The van der Waals surface area contributed by atoms with E-state index in [-0.39, 0.29) is 17.6 Å². The number of carboxylic acids is 1. The van der Waals surface area contributed by atoms with Gasteiger partial charge in [-0.25, -0.2) is 9.59 Å². The maximum atomic E-state index is 11.9. The van der Waals surface area contributed by atoms with Gasteiger partial charge in [-0.2, -0.15) is 0 Å². The van der Waals surface area contributed by atoms with Crippen molar-refractivity contribution in [3.05, 3.63) is 51.9 Å². The standard InChI is InChI=1S/C15H12O6/c1-2-20-14(17)6-4-9-3-5-12-10(7-9)11(16)8-13(21-12)15(18)19/h3-8H,2H2,1H3,(H,18,19). The van der Waals surface area contributed by atoms with E-state index in [1.54, 1.807) is 13.0 Å². The summed E-state index contributed by atoms with van der Waals surface area (Å²) in [5, 5.41) is 9.07. The van der Waals surface area contributed by atoms with Gasteiger partial charge in [0.25, 0.3) is 0 Å². The number of rotatable bonds is 4. The van der Waals surface area contributed by atoms with Gasteiger partial charge in [0.05, 0.1) is 12.0 Å². The summed E-state index contributed by atoms with van der Waals surface area (Å²) in [5.41, 5.74) is 0.319. The van der Waals surface area contributed by atoms with Crippen LogP contribution in [0.4, 0.5) is 0 Å². The molecule has 0 saturated heterocycles. The first-order chi connectivity index (χ1) is 10.0. The zero-order valence-corrected chi connectivity index (χ0v) is 11.2. The van der Waals surface area contributed by atoms with Gasteiger partial charge in [-0.3, -0.25) is 4.79 Å². The maximum Gasteiger partial charge on any atom is 0.371 e. The van der Waals surface area contributed by atoms with Crippen LogP contribution in [0.1, 0.15) is 23.0 Å². The topological polar surface area (TPSA) is 93.8 Å². The number of hydrogen-bond acceptors (Lipinski definition) is 5. The van der Waals surface area contributed by atoms with Gasteiger partial charge in [0.2, 0.25) is 5.76 Å². The van der Waals surface area contributed by atoms with Crippen molar-refractivity contribution in [1.82, 2.24) is 0 Å². The van der Waals surface area contributed by atoms with Gasteiger partial charge >= 0.3 is 11.9 Å². The Balaban J connectivity index is 2.41. The van der Waals surface area contributed by atoms with Gasteiger partial charge < -0.3 is 14.3 Å². The fraction of sp³-hybridized carbons (Fsp3) is 0.133. The Morgan fingerprint density at radius 1 is 1.33 bits per heavy atom. The smallest absolute Gasteiger partial charge is 0.371 e. The van der Waals surface area contributed by atoms with Crippen LogP contribution in [0.2, 0.25) is 0 Å². The lowest BCUT2D eigenvalue weighted by molar-refractivity contribution is -0.137. The normalized spacial score (nSPS) is 10.9. The van der Waals surface area contributed by atoms with Crippen molar-refractivity contribution in [1.29, 1.82) is 0 Å². The second-order valence-electron chi connectivity index (χ2n) is 4.12. The third-order valence-electron chi connectivity index (χ3n) is 2.66. The lowest BCUT2D eigenvalue weighted by Gasteiger charge is -2.00. The number of carboxylic acid groups (broad SMARTS) is 1. The maximum absolute atomic E-state index is 11.9. The molecule has 0 spiro atoms. The predicted octanol–water partition coefficient (Wildman–Crippen LogP) is 2.07. The summed E-state index contributed by atoms with van der Waals surface area (Å²) in [6, 6.07) is 5.52. The van der Waals surface area contributed by atoms with Crippen LogP contribution in [-0.2, 0) is 9.53 Å². The molecule has 0 aliphatic rings. The van der Waals surface area contributed by atoms with Gasteiger partial charge in [0.15, 0.2) is 5.43 Å². The number of fused-ring (bicyclic) bond motifs is 1. The van der Waals surface area contributed by atoms with E-state index in [0.29, 0.717) is 5.56 Å². The van der Waals surface area contributed by atoms with Gasteiger partial charge in [0, 0.05) is 12.1 Å². The van der Waals surface area contributed by atoms with E-state index in [2.05, 4.69) is 0 Å². The first-order valence-electron chi connectivity index (χ1n) is 6.17. The Hall–Kier alpha value is -2.89. The third kappa shape index (κ3) is 3.36. The lowest BCUT2D eigenvalue weighted by Crippen LogP contribution is -2.06. The zero-order valence-electron chi connectivity index (χ0n) is 11.2. The molecule has 0 aliphatic carbocycles. The Bertz CT molecular complexity index is 784. The van der Waals surface area contributed by atoms with Crippen molar-refractivity contribution in [2.24, 2.45) is 0 Å². The van der Waals surface area contributed by atoms with Crippen LogP contribution in [0.15, 0.2) is 39.6 Å². The number of carbonyl (C=O) groups excluding carboxylic acids is 1. The molecule has 0 unspecified atom stereocenters. The summed E-state index contributed by atoms with van der Waals surface area (Å²) in [6.45, 7) is 1.98. The summed E-state index contributed by atoms with van der Waals surface area (Å²) >= 11 is 0. The van der Waals surface area contributed by atoms with Gasteiger partial charge in [-0.15, -0.1) is 0 Å². The minimum Gasteiger partial charge on any atom is -0.475 e. The van der Waals surface area contributed by atoms with E-state index in [1.807, 2.05) is 0 Å². The highest BCUT2D eigenvalue weighted by Gasteiger charge is 2.10. The van der Waals surface area contributed by atoms with Crippen LogP contribution in [0, 0.1) is 0 Å². The molecule has 1 aromatic heterocycles. The summed E-state index contributed by atoms with van der Waals surface area (Å²) < 4.78 is 9.85. The second-order valence-corrected chi connectivity index (χ2v) is 4.12. The predicted molar refractivity (Wildman–Crippen MR) is 75.1 cm³/mol. The highest BCUT2D eigenvalue weighted by Crippen LogP contribution is 2.15. The number of benzene rings is 1. The fourth-order valence-corrected chi connectivity index (χ4v) is 1.74. The summed E-state index contributed by atoms with van der Waals surface area (Å²) in [6.07, 6.45) is 2.75. The Labute approximate surface area is 119 Å². The molecule has 21 heavy (non-hydrogen) atoms. The van der Waals surface area contributed by atoms with Crippen LogP contribution in [0.5, 0.6) is 0 Å². The first-order valence-corrected chi connectivity index (χ1v) is 6.17. The summed E-state index contributed by atoms with van der Waals surface area (Å²) in [7, 11) is 0. The molecule has 2 aromatic rings. The van der Waals surface area contributed by atoms with Gasteiger partial charge in [-0.1, -0.05) is 6.07 Å². The molecule has 0 amide bonds. The summed E-state index contributed by atoms with van der Waals surface area (Å²) in [4.78, 5) is 33.9. The molecule has 0 saturated carbocycles. The minimum absolute atomic E-state index is 0.174. The molecule has 2 rings (SSSR count). The van der Waals surface area contributed by atoms with Crippen LogP contribution in [0.25, 0.3) is 17.0 Å². The highest BCUT2D eigenvalue weighted by molar-refractivity contribution is 5.90. The average Bonchev–Trinajstić information content (AvgIpc) is 2.45. The quantitative estimate of drug-likeness (QED) is 0.683. The summed E-state index contributed by atoms with van der Waals surface area (Å²) in [5.74, 6) is -2.20. The largest absolute Gasteiger partial charge is 0.475 e. The van der Waals surface area contributed by atoms with Crippen molar-refractivity contribution in [2.45, 2.75) is 6.92 Å². The molecule has 1 aromatic carbocycles. The van der Waals surface area contributed by atoms with Crippen molar-refractivity contribution in [3.8, 4) is 0 Å². The molecule has 1 N–H and O–H groups in total. The van der Waals surface area contributed by atoms with Crippen LogP contribution < -0.4 is 5.43 Å². The number of ether oxygens (including phenoxy) is 1. The van der Waals surface area contributed by atoms with Crippen LogP contribution in [0.3, 0.4) is 0 Å². The molecular weight excluding hydrogens is 276 g/mol. The Morgan fingerprint density at radius 3 is 2.76 bits per heavy atom. The van der Waals surface area contributed by atoms with Crippen molar-refractivity contribution >= 4 is 29.0 Å². The zero-order chi connectivity index (χ0) is 15.4. The van der Waals surface area contributed by atoms with E-state index < -0.39 is 23.1 Å². The molecule has 1 heterocycles. The third-order valence-corrected chi connectivity index (χ3v) is 2.66. The van der Waals surface area contributed by atoms with Crippen molar-refractivity contribution < 1.29 is 23.8 Å². The first kappa shape index (κ1) is 14.5. The average molecular weight is 288 g/mol. The van der Waals surface area contributed by atoms with E-state index in [9.17, 15) is 14.4 Å². The monoisotopic (exact) mass is 288 g/mol. The Morgan fingerprint density at radius 2 is 2.10 bits per heavy atom. The highest BCUT2D eigenvalue weighted by atomic mass is 16.5. The SMILES string of the molecule is CCOC(=O)C=Cc1ccc2oc(C(=O)O)cc(=O)c2c1. The fourth-order valence-electron chi connectivity index (χ4n) is 1.74. The van der Waals surface area contributed by atoms with E-state index in [1.165, 1.54) is 24.3 Å². The van der Waals surface area contributed by atoms with E-state index >= 15 is 0 Å². The van der Waals surface area contributed by atoms with Crippen LogP contribution in [-0.4, -0.2) is 23.7 Å². The molecule has 6 nitrogen and oxygen atoms in total. The lowest BCUT2D eigenvalue weighted by atomic mass is 10.1. The molecule has 0 aliphatic heterocycles. The Kier molecular flexibility index (Phi) is 4.18.